The molecule has 3 aromatic rings. The fraction of sp³-hybridized carbons (Fsp3) is 0.0526. The maximum absolute atomic E-state index is 12.2. The monoisotopic (exact) mass is 353 g/mol. The van der Waals surface area contributed by atoms with Crippen molar-refractivity contribution in [1.82, 2.24) is 0 Å². The first-order valence-corrected chi connectivity index (χ1v) is 8.35. The third-order valence-electron chi connectivity index (χ3n) is 3.44. The van der Waals surface area contributed by atoms with Gasteiger partial charge in [0.05, 0.1) is 13.4 Å². The molecule has 0 unspecified atom stereocenters. The summed E-state index contributed by atoms with van der Waals surface area (Å²) in [6.07, 6.45) is 4.43. The standard InChI is InChI=1S/C19H15NO4S/c1-23-19(22)17-15(13-6-3-2-4-7-13)12-25-18(17)20-16(21)10-9-14-8-5-11-24-14/h2-12H,1H3,(H,20,21)/b10-9+. The summed E-state index contributed by atoms with van der Waals surface area (Å²) in [7, 11) is 1.32. The fourth-order valence-electron chi connectivity index (χ4n) is 2.28. The molecule has 2 aromatic heterocycles. The topological polar surface area (TPSA) is 68.5 Å². The van der Waals surface area contributed by atoms with E-state index in [1.54, 1.807) is 18.2 Å². The molecule has 0 bridgehead atoms. The average molecular weight is 353 g/mol. The number of thiophene rings is 1. The first-order valence-electron chi connectivity index (χ1n) is 7.47. The van der Waals surface area contributed by atoms with Crippen molar-refractivity contribution in [2.24, 2.45) is 0 Å². The van der Waals surface area contributed by atoms with Crippen LogP contribution >= 0.6 is 11.3 Å². The van der Waals surface area contributed by atoms with Crippen LogP contribution in [0.2, 0.25) is 0 Å². The quantitative estimate of drug-likeness (QED) is 0.544. The Labute approximate surface area is 148 Å². The number of esters is 1. The van der Waals surface area contributed by atoms with E-state index in [0.717, 1.165) is 11.1 Å². The molecule has 0 aliphatic heterocycles. The van der Waals surface area contributed by atoms with Gasteiger partial charge in [-0.1, -0.05) is 30.3 Å². The highest BCUT2D eigenvalue weighted by molar-refractivity contribution is 7.15. The Morgan fingerprint density at radius 2 is 1.96 bits per heavy atom. The molecule has 0 atom stereocenters. The minimum Gasteiger partial charge on any atom is -0.465 e. The van der Waals surface area contributed by atoms with Crippen molar-refractivity contribution < 1.29 is 18.7 Å². The number of ether oxygens (including phenoxy) is 1. The summed E-state index contributed by atoms with van der Waals surface area (Å²) in [4.78, 5) is 24.3. The number of hydrogen-bond donors (Lipinski definition) is 1. The van der Waals surface area contributed by atoms with Crippen molar-refractivity contribution in [2.75, 3.05) is 12.4 Å². The van der Waals surface area contributed by atoms with Crippen LogP contribution in [-0.2, 0) is 9.53 Å². The Hall–Kier alpha value is -3.12. The van der Waals surface area contributed by atoms with Gasteiger partial charge >= 0.3 is 5.97 Å². The molecule has 1 N–H and O–H groups in total. The van der Waals surface area contributed by atoms with E-state index >= 15 is 0 Å². The Morgan fingerprint density at radius 3 is 2.64 bits per heavy atom. The Bertz CT molecular complexity index is 895. The van der Waals surface area contributed by atoms with Crippen LogP contribution in [-0.4, -0.2) is 19.0 Å². The van der Waals surface area contributed by atoms with Crippen LogP contribution < -0.4 is 5.32 Å². The fourth-order valence-corrected chi connectivity index (χ4v) is 3.24. The summed E-state index contributed by atoms with van der Waals surface area (Å²) < 4.78 is 10.0. The minimum absolute atomic E-state index is 0.346. The summed E-state index contributed by atoms with van der Waals surface area (Å²) in [6, 6.07) is 12.9. The predicted octanol–water partition coefficient (Wildman–Crippen LogP) is 4.45. The van der Waals surface area contributed by atoms with Crippen molar-refractivity contribution in [3.05, 3.63) is 71.5 Å². The minimum atomic E-state index is -0.495. The average Bonchev–Trinajstić information content (AvgIpc) is 3.30. The normalized spacial score (nSPS) is 10.8. The highest BCUT2D eigenvalue weighted by Crippen LogP contribution is 2.36. The van der Waals surface area contributed by atoms with Crippen LogP contribution in [0.15, 0.2) is 64.6 Å². The first-order chi connectivity index (χ1) is 12.2. The van der Waals surface area contributed by atoms with Crippen molar-refractivity contribution >= 4 is 34.3 Å². The smallest absolute Gasteiger partial charge is 0.341 e. The second-order valence-corrected chi connectivity index (χ2v) is 5.93. The van der Waals surface area contributed by atoms with Gasteiger partial charge in [0.25, 0.3) is 0 Å². The lowest BCUT2D eigenvalue weighted by Gasteiger charge is -2.06. The van der Waals surface area contributed by atoms with E-state index in [4.69, 9.17) is 9.15 Å². The lowest BCUT2D eigenvalue weighted by Crippen LogP contribution is -2.11. The van der Waals surface area contributed by atoms with Crippen LogP contribution in [0.25, 0.3) is 17.2 Å². The van der Waals surface area contributed by atoms with Crippen molar-refractivity contribution in [1.29, 1.82) is 0 Å². The van der Waals surface area contributed by atoms with Crippen LogP contribution in [0.5, 0.6) is 0 Å². The van der Waals surface area contributed by atoms with E-state index in [2.05, 4.69) is 5.32 Å². The molecule has 0 saturated carbocycles. The second-order valence-electron chi connectivity index (χ2n) is 5.05. The maximum Gasteiger partial charge on any atom is 0.341 e. The van der Waals surface area contributed by atoms with E-state index in [9.17, 15) is 9.59 Å². The number of hydrogen-bond acceptors (Lipinski definition) is 5. The molecule has 25 heavy (non-hydrogen) atoms. The Balaban J connectivity index is 1.87. The highest BCUT2D eigenvalue weighted by Gasteiger charge is 2.21. The summed E-state index contributed by atoms with van der Waals surface area (Å²) >= 11 is 1.28. The van der Waals surface area contributed by atoms with Crippen LogP contribution in [0.1, 0.15) is 16.1 Å². The summed E-state index contributed by atoms with van der Waals surface area (Å²) in [6.45, 7) is 0. The predicted molar refractivity (Wildman–Crippen MR) is 97.5 cm³/mol. The van der Waals surface area contributed by atoms with Gasteiger partial charge in [-0.3, -0.25) is 4.79 Å². The zero-order valence-electron chi connectivity index (χ0n) is 13.4. The molecule has 0 spiro atoms. The number of rotatable bonds is 5. The molecule has 126 valence electrons. The highest BCUT2D eigenvalue weighted by atomic mass is 32.1. The van der Waals surface area contributed by atoms with Gasteiger partial charge in [0.15, 0.2) is 0 Å². The third-order valence-corrected chi connectivity index (χ3v) is 4.34. The van der Waals surface area contributed by atoms with Gasteiger partial charge in [0.1, 0.15) is 16.3 Å². The Morgan fingerprint density at radius 1 is 1.16 bits per heavy atom. The van der Waals surface area contributed by atoms with E-state index < -0.39 is 5.97 Å². The molecular formula is C19H15NO4S. The van der Waals surface area contributed by atoms with Gasteiger partial charge in [-0.15, -0.1) is 11.3 Å². The molecule has 3 rings (SSSR count). The zero-order valence-corrected chi connectivity index (χ0v) is 14.2. The van der Waals surface area contributed by atoms with Gasteiger partial charge in [0.2, 0.25) is 5.91 Å². The second kappa shape index (κ2) is 7.63. The van der Waals surface area contributed by atoms with E-state index in [0.29, 0.717) is 16.3 Å². The summed E-state index contributed by atoms with van der Waals surface area (Å²) in [5.74, 6) is -0.284. The van der Waals surface area contributed by atoms with Crippen molar-refractivity contribution in [3.8, 4) is 11.1 Å². The molecule has 5 nitrogen and oxygen atoms in total. The van der Waals surface area contributed by atoms with E-state index in [1.807, 2.05) is 35.7 Å². The van der Waals surface area contributed by atoms with Gasteiger partial charge in [-0.25, -0.2) is 4.79 Å². The number of carbonyl (C=O) groups is 2. The van der Waals surface area contributed by atoms with E-state index in [-0.39, 0.29) is 5.91 Å². The summed E-state index contributed by atoms with van der Waals surface area (Å²) in [5, 5.41) is 5.00. The molecule has 0 aliphatic carbocycles. The molecule has 0 radical (unpaired) electrons. The molecule has 0 saturated heterocycles. The first kappa shape index (κ1) is 16.7. The maximum atomic E-state index is 12.2. The molecule has 0 fully saturated rings. The number of furan rings is 1. The lowest BCUT2D eigenvalue weighted by molar-refractivity contribution is -0.111. The Kier molecular flexibility index (Phi) is 5.11. The molecule has 6 heteroatoms. The number of anilines is 1. The molecule has 1 aromatic carbocycles. The largest absolute Gasteiger partial charge is 0.465 e. The lowest BCUT2D eigenvalue weighted by atomic mass is 10.0. The third kappa shape index (κ3) is 3.87. The molecule has 0 aliphatic rings. The van der Waals surface area contributed by atoms with Crippen molar-refractivity contribution in [3.63, 3.8) is 0 Å². The van der Waals surface area contributed by atoms with Crippen molar-refractivity contribution in [2.45, 2.75) is 0 Å². The van der Waals surface area contributed by atoms with Gasteiger partial charge in [-0.05, 0) is 23.8 Å². The molecule has 1 amide bonds. The van der Waals surface area contributed by atoms with Crippen LogP contribution in [0, 0.1) is 0 Å². The zero-order chi connectivity index (χ0) is 17.6. The number of amides is 1. The number of benzene rings is 1. The van der Waals surface area contributed by atoms with E-state index in [1.165, 1.54) is 30.8 Å². The van der Waals surface area contributed by atoms with Gasteiger partial charge < -0.3 is 14.5 Å². The van der Waals surface area contributed by atoms with Gasteiger partial charge in [0, 0.05) is 17.0 Å². The molecule has 2 heterocycles. The number of carbonyl (C=O) groups excluding carboxylic acids is 2. The van der Waals surface area contributed by atoms with Crippen LogP contribution in [0.4, 0.5) is 5.00 Å². The summed E-state index contributed by atoms with van der Waals surface area (Å²) in [5.41, 5.74) is 1.95. The number of nitrogens with one attached hydrogen (secondary N) is 1. The van der Waals surface area contributed by atoms with Gasteiger partial charge in [-0.2, -0.15) is 0 Å². The number of methoxy groups -OCH3 is 1. The SMILES string of the molecule is COC(=O)c1c(-c2ccccc2)csc1NC(=O)/C=C/c1ccco1. The molecular weight excluding hydrogens is 338 g/mol. The van der Waals surface area contributed by atoms with Crippen LogP contribution in [0.3, 0.4) is 0 Å².